The Morgan fingerprint density at radius 2 is 1.93 bits per heavy atom. The van der Waals surface area contributed by atoms with E-state index in [0.29, 0.717) is 30.9 Å². The Bertz CT molecular complexity index is 735. The Morgan fingerprint density at radius 3 is 2.48 bits per heavy atom. The van der Waals surface area contributed by atoms with Crippen molar-refractivity contribution in [2.45, 2.75) is 26.4 Å². The Labute approximate surface area is 159 Å². The number of hydrogen-bond acceptors (Lipinski definition) is 7. The van der Waals surface area contributed by atoms with E-state index in [9.17, 15) is 4.79 Å². The van der Waals surface area contributed by atoms with Crippen LogP contribution in [0.25, 0.3) is 5.57 Å². The molecular weight excluding hydrogens is 346 g/mol. The summed E-state index contributed by atoms with van der Waals surface area (Å²) in [4.78, 5) is 18.4. The zero-order valence-corrected chi connectivity index (χ0v) is 16.0. The average Bonchev–Trinajstić information content (AvgIpc) is 2.63. The van der Waals surface area contributed by atoms with E-state index in [-0.39, 0.29) is 11.9 Å². The van der Waals surface area contributed by atoms with Crippen LogP contribution in [0.15, 0.2) is 35.5 Å². The molecule has 1 heterocycles. The summed E-state index contributed by atoms with van der Waals surface area (Å²) >= 11 is 0. The average molecular weight is 375 g/mol. The lowest BCUT2D eigenvalue weighted by atomic mass is 9.98. The van der Waals surface area contributed by atoms with Crippen molar-refractivity contribution in [2.75, 3.05) is 19.6 Å². The third kappa shape index (κ3) is 6.39. The third-order valence-electron chi connectivity index (χ3n) is 3.63. The molecular formula is C18H29N7O2. The molecule has 0 atom stereocenters. The Morgan fingerprint density at radius 1 is 1.30 bits per heavy atom. The van der Waals surface area contributed by atoms with Crippen LogP contribution in [0.5, 0.6) is 0 Å². The molecule has 2 rings (SSSR count). The number of amides is 1. The number of ether oxygens (including phenoxy) is 1. The molecule has 0 aromatic heterocycles. The maximum absolute atomic E-state index is 12.3. The lowest BCUT2D eigenvalue weighted by Crippen LogP contribution is -2.43. The van der Waals surface area contributed by atoms with Crippen molar-refractivity contribution in [1.82, 2.24) is 4.90 Å². The zero-order valence-electron chi connectivity index (χ0n) is 16.0. The van der Waals surface area contributed by atoms with Crippen molar-refractivity contribution in [3.8, 4) is 0 Å². The van der Waals surface area contributed by atoms with Crippen LogP contribution in [-0.4, -0.2) is 47.8 Å². The molecule has 0 saturated carbocycles. The van der Waals surface area contributed by atoms with Gasteiger partial charge in [-0.2, -0.15) is 0 Å². The van der Waals surface area contributed by atoms with Crippen molar-refractivity contribution in [1.29, 1.82) is 5.41 Å². The van der Waals surface area contributed by atoms with E-state index in [1.807, 2.05) is 32.9 Å². The number of amidine groups is 1. The first-order valence-electron chi connectivity index (χ1n) is 8.43. The number of carbonyl (C=O) groups is 1. The van der Waals surface area contributed by atoms with Crippen LogP contribution in [0.1, 0.15) is 31.9 Å². The molecule has 9 N–H and O–H groups in total. The number of benzene rings is 1. The molecule has 0 radical (unpaired) electrons. The first kappa shape index (κ1) is 22.1. The fraction of sp³-hybridized carbons (Fsp3) is 0.389. The fourth-order valence-corrected chi connectivity index (χ4v) is 2.48. The van der Waals surface area contributed by atoms with Gasteiger partial charge in [-0.25, -0.2) is 4.79 Å². The van der Waals surface area contributed by atoms with Gasteiger partial charge in [-0.05, 0) is 32.4 Å². The van der Waals surface area contributed by atoms with Crippen molar-refractivity contribution in [3.05, 3.63) is 41.6 Å². The second-order valence-electron chi connectivity index (χ2n) is 6.81. The van der Waals surface area contributed by atoms with Crippen LogP contribution in [-0.2, 0) is 4.74 Å². The molecule has 1 aromatic carbocycles. The van der Waals surface area contributed by atoms with Crippen LogP contribution >= 0.6 is 0 Å². The number of nitrogens with zero attached hydrogens (tertiary/aromatic N) is 2. The van der Waals surface area contributed by atoms with Gasteiger partial charge in [0.2, 0.25) is 0 Å². The first-order valence-corrected chi connectivity index (χ1v) is 8.43. The van der Waals surface area contributed by atoms with Gasteiger partial charge in [0, 0.05) is 23.9 Å². The summed E-state index contributed by atoms with van der Waals surface area (Å²) in [5, 5.41) is 7.57. The van der Waals surface area contributed by atoms with Gasteiger partial charge in [-0.1, -0.05) is 18.2 Å². The van der Waals surface area contributed by atoms with E-state index < -0.39 is 5.60 Å². The first-order chi connectivity index (χ1) is 12.7. The van der Waals surface area contributed by atoms with Gasteiger partial charge in [0.15, 0.2) is 0 Å². The molecule has 9 heteroatoms. The summed E-state index contributed by atoms with van der Waals surface area (Å²) in [7, 11) is 0. The van der Waals surface area contributed by atoms with Gasteiger partial charge in [0.05, 0.1) is 18.8 Å². The summed E-state index contributed by atoms with van der Waals surface area (Å²) < 4.78 is 5.43. The maximum atomic E-state index is 12.3. The van der Waals surface area contributed by atoms with Crippen LogP contribution in [0.3, 0.4) is 0 Å². The smallest absolute Gasteiger partial charge is 0.410 e. The molecule has 1 amide bonds. The molecule has 148 valence electrons. The molecule has 27 heavy (non-hydrogen) atoms. The van der Waals surface area contributed by atoms with Crippen molar-refractivity contribution >= 4 is 23.2 Å². The number of rotatable bonds is 3. The van der Waals surface area contributed by atoms with Gasteiger partial charge in [-0.15, -0.1) is 0 Å². The Kier molecular flexibility index (Phi) is 7.95. The molecule has 0 spiro atoms. The normalized spacial score (nSPS) is 14.6. The van der Waals surface area contributed by atoms with Gasteiger partial charge < -0.3 is 21.1 Å². The summed E-state index contributed by atoms with van der Waals surface area (Å²) in [6.45, 7) is 6.82. The highest BCUT2D eigenvalue weighted by Gasteiger charge is 2.26. The van der Waals surface area contributed by atoms with Crippen LogP contribution in [0.4, 0.5) is 4.79 Å². The van der Waals surface area contributed by atoms with E-state index in [0.717, 1.165) is 11.1 Å². The maximum Gasteiger partial charge on any atom is 0.410 e. The van der Waals surface area contributed by atoms with E-state index in [1.165, 1.54) is 6.20 Å². The Balaban J connectivity index is 0.00000176. The number of carbonyl (C=O) groups excluding carboxylic acids is 1. The highest BCUT2D eigenvalue weighted by molar-refractivity contribution is 6.25. The minimum atomic E-state index is -0.547. The third-order valence-corrected chi connectivity index (χ3v) is 3.63. The van der Waals surface area contributed by atoms with Crippen LogP contribution in [0.2, 0.25) is 0 Å². The minimum absolute atomic E-state index is 0.0146. The van der Waals surface area contributed by atoms with E-state index in [4.69, 9.17) is 21.6 Å². The highest BCUT2D eigenvalue weighted by atomic mass is 16.6. The topological polar surface area (TPSA) is 170 Å². The number of aliphatic imine (C=N–C) groups is 1. The van der Waals surface area contributed by atoms with Gasteiger partial charge in [0.25, 0.3) is 0 Å². The molecule has 9 nitrogen and oxygen atoms in total. The van der Waals surface area contributed by atoms with Gasteiger partial charge >= 0.3 is 6.09 Å². The van der Waals surface area contributed by atoms with E-state index >= 15 is 0 Å². The quantitative estimate of drug-likeness (QED) is 0.226. The predicted octanol–water partition coefficient (Wildman–Crippen LogP) is 0.781. The fourth-order valence-electron chi connectivity index (χ4n) is 2.48. The molecule has 0 bridgehead atoms. The second-order valence-corrected chi connectivity index (χ2v) is 6.81. The van der Waals surface area contributed by atoms with Gasteiger partial charge in [0.1, 0.15) is 11.4 Å². The highest BCUT2D eigenvalue weighted by Crippen LogP contribution is 2.20. The second kappa shape index (κ2) is 9.70. The zero-order chi connectivity index (χ0) is 20.6. The summed E-state index contributed by atoms with van der Waals surface area (Å²) in [6.07, 6.45) is 1.10. The lowest BCUT2D eigenvalue weighted by Gasteiger charge is -2.30. The molecule has 0 saturated heterocycles. The van der Waals surface area contributed by atoms with Crippen molar-refractivity contribution in [2.24, 2.45) is 28.1 Å². The molecule has 1 aliphatic heterocycles. The SMILES string of the molecule is CC(C)(C)OC(=O)N1CCN=C(/C(=C\N)c2cccc(C(=N)N)c2)C1.NN. The number of nitrogens with two attached hydrogens (primary N) is 4. The summed E-state index contributed by atoms with van der Waals surface area (Å²) in [6, 6.07) is 7.23. The number of nitrogen functional groups attached to an aromatic ring is 1. The largest absolute Gasteiger partial charge is 0.444 e. The van der Waals surface area contributed by atoms with Crippen molar-refractivity contribution < 1.29 is 9.53 Å². The molecule has 0 fully saturated rings. The molecule has 0 unspecified atom stereocenters. The van der Waals surface area contributed by atoms with Crippen molar-refractivity contribution in [3.63, 3.8) is 0 Å². The minimum Gasteiger partial charge on any atom is -0.444 e. The molecule has 0 aliphatic carbocycles. The number of hydrazine groups is 1. The summed E-state index contributed by atoms with van der Waals surface area (Å²) in [5.41, 5.74) is 13.7. The van der Waals surface area contributed by atoms with E-state index in [1.54, 1.807) is 17.0 Å². The van der Waals surface area contributed by atoms with Crippen LogP contribution in [0, 0.1) is 5.41 Å². The van der Waals surface area contributed by atoms with Gasteiger partial charge in [-0.3, -0.25) is 22.1 Å². The lowest BCUT2D eigenvalue weighted by molar-refractivity contribution is 0.0279. The summed E-state index contributed by atoms with van der Waals surface area (Å²) in [5.74, 6) is 7.99. The standard InChI is InChI=1S/C18H25N5O2.H4N2/c1-18(2,3)25-17(24)23-8-7-22-15(11-23)14(10-19)12-5-4-6-13(9-12)16(20)21;1-2/h4-6,9-10H,7-8,11,19H2,1-3H3,(H3,20,21);1-2H2/b14-10-;. The van der Waals surface area contributed by atoms with E-state index in [2.05, 4.69) is 16.7 Å². The Hall–Kier alpha value is -2.91. The molecule has 1 aliphatic rings. The predicted molar refractivity (Wildman–Crippen MR) is 108 cm³/mol. The molecule has 1 aromatic rings. The number of nitrogens with one attached hydrogen (secondary N) is 1. The van der Waals surface area contributed by atoms with Crippen LogP contribution < -0.4 is 23.2 Å². The monoisotopic (exact) mass is 375 g/mol. The number of hydrogen-bond donors (Lipinski definition) is 5.